The molecule has 7 heteroatoms. The Balaban J connectivity index is 1.56. The van der Waals surface area contributed by atoms with Gasteiger partial charge in [-0.05, 0) is 30.3 Å². The maximum atomic E-state index is 12.5. The summed E-state index contributed by atoms with van der Waals surface area (Å²) in [7, 11) is 1.58. The van der Waals surface area contributed by atoms with Gasteiger partial charge in [0.2, 0.25) is 5.91 Å². The number of hydrogen-bond donors (Lipinski definition) is 2. The van der Waals surface area contributed by atoms with Gasteiger partial charge in [0.1, 0.15) is 5.75 Å². The second-order valence-electron chi connectivity index (χ2n) is 6.12. The van der Waals surface area contributed by atoms with Crippen molar-refractivity contribution in [1.29, 1.82) is 0 Å². The second-order valence-corrected chi connectivity index (χ2v) is 6.12. The van der Waals surface area contributed by atoms with Crippen molar-refractivity contribution in [2.45, 2.75) is 0 Å². The summed E-state index contributed by atoms with van der Waals surface area (Å²) in [6, 6.07) is 14.3. The number of carbonyl (C=O) groups excluding carboxylic acids is 2. The molecule has 1 fully saturated rings. The Morgan fingerprint density at radius 1 is 1.07 bits per heavy atom. The van der Waals surface area contributed by atoms with Crippen molar-refractivity contribution in [3.63, 3.8) is 0 Å². The molecule has 1 aliphatic heterocycles. The fraction of sp³-hybridized carbons (Fsp3) is 0.300. The van der Waals surface area contributed by atoms with E-state index in [1.807, 2.05) is 18.2 Å². The standard InChI is InChI=1S/C20H23N3O4/c1-26-18-7-3-6-17(13-18)22-19(24)14-21-16-5-2-4-15(12-16)20(25)23-8-10-27-11-9-23/h2-7,12-13,21H,8-11,14H2,1H3,(H,22,24). The molecule has 0 spiro atoms. The lowest BCUT2D eigenvalue weighted by Gasteiger charge is -2.27. The maximum Gasteiger partial charge on any atom is 0.254 e. The zero-order valence-corrected chi connectivity index (χ0v) is 15.2. The van der Waals surface area contributed by atoms with Crippen LogP contribution in [0, 0.1) is 0 Å². The number of morpholine rings is 1. The summed E-state index contributed by atoms with van der Waals surface area (Å²) in [4.78, 5) is 26.5. The molecule has 142 valence electrons. The number of rotatable bonds is 6. The molecule has 0 aromatic heterocycles. The van der Waals surface area contributed by atoms with Crippen molar-refractivity contribution in [1.82, 2.24) is 4.90 Å². The second kappa shape index (κ2) is 9.05. The van der Waals surface area contributed by atoms with Gasteiger partial charge < -0.3 is 25.0 Å². The summed E-state index contributed by atoms with van der Waals surface area (Å²) in [5, 5.41) is 5.86. The van der Waals surface area contributed by atoms with Crippen LogP contribution in [0.25, 0.3) is 0 Å². The number of hydrogen-bond acceptors (Lipinski definition) is 5. The van der Waals surface area contributed by atoms with Crippen molar-refractivity contribution in [3.8, 4) is 5.75 Å². The van der Waals surface area contributed by atoms with Crippen molar-refractivity contribution in [2.24, 2.45) is 0 Å². The van der Waals surface area contributed by atoms with Crippen molar-refractivity contribution >= 4 is 23.2 Å². The third kappa shape index (κ3) is 5.21. The highest BCUT2D eigenvalue weighted by Crippen LogP contribution is 2.17. The number of nitrogens with zero attached hydrogens (tertiary/aromatic N) is 1. The third-order valence-corrected chi connectivity index (χ3v) is 4.21. The molecule has 7 nitrogen and oxygen atoms in total. The van der Waals surface area contributed by atoms with E-state index in [4.69, 9.17) is 9.47 Å². The highest BCUT2D eigenvalue weighted by Gasteiger charge is 2.18. The van der Waals surface area contributed by atoms with Gasteiger partial charge in [-0.15, -0.1) is 0 Å². The topological polar surface area (TPSA) is 79.9 Å². The first-order valence-electron chi connectivity index (χ1n) is 8.80. The Kier molecular flexibility index (Phi) is 6.27. The van der Waals surface area contributed by atoms with Gasteiger partial charge in [-0.2, -0.15) is 0 Å². The van der Waals surface area contributed by atoms with Crippen LogP contribution in [-0.2, 0) is 9.53 Å². The van der Waals surface area contributed by atoms with Gasteiger partial charge in [0, 0.05) is 36.1 Å². The smallest absolute Gasteiger partial charge is 0.254 e. The van der Waals surface area contributed by atoms with E-state index in [-0.39, 0.29) is 18.4 Å². The van der Waals surface area contributed by atoms with E-state index in [9.17, 15) is 9.59 Å². The molecule has 1 heterocycles. The molecule has 27 heavy (non-hydrogen) atoms. The summed E-state index contributed by atoms with van der Waals surface area (Å²) in [5.74, 6) is 0.464. The van der Waals surface area contributed by atoms with Crippen LogP contribution >= 0.6 is 0 Å². The minimum absolute atomic E-state index is 0.0252. The average molecular weight is 369 g/mol. The summed E-state index contributed by atoms with van der Waals surface area (Å²) in [6.45, 7) is 2.41. The monoisotopic (exact) mass is 369 g/mol. The summed E-state index contributed by atoms with van der Waals surface area (Å²) in [5.41, 5.74) is 1.97. The van der Waals surface area contributed by atoms with Crippen LogP contribution in [-0.4, -0.2) is 56.7 Å². The van der Waals surface area contributed by atoms with Gasteiger partial charge in [-0.1, -0.05) is 12.1 Å². The van der Waals surface area contributed by atoms with Crippen LogP contribution < -0.4 is 15.4 Å². The zero-order valence-electron chi connectivity index (χ0n) is 15.2. The lowest BCUT2D eigenvalue weighted by Crippen LogP contribution is -2.40. The van der Waals surface area contributed by atoms with E-state index in [1.54, 1.807) is 42.3 Å². The van der Waals surface area contributed by atoms with Crippen molar-refractivity contribution in [2.75, 3.05) is 50.6 Å². The molecule has 1 saturated heterocycles. The van der Waals surface area contributed by atoms with E-state index < -0.39 is 0 Å². The highest BCUT2D eigenvalue weighted by molar-refractivity contribution is 5.96. The van der Waals surface area contributed by atoms with Crippen molar-refractivity contribution in [3.05, 3.63) is 54.1 Å². The molecule has 0 unspecified atom stereocenters. The molecule has 2 amide bonds. The Labute approximate surface area is 158 Å². The quantitative estimate of drug-likeness (QED) is 0.816. The fourth-order valence-electron chi connectivity index (χ4n) is 2.80. The fourth-order valence-corrected chi connectivity index (χ4v) is 2.80. The van der Waals surface area contributed by atoms with E-state index >= 15 is 0 Å². The number of carbonyl (C=O) groups is 2. The molecule has 2 aromatic carbocycles. The van der Waals surface area contributed by atoms with E-state index in [1.165, 1.54) is 0 Å². The largest absolute Gasteiger partial charge is 0.497 e. The van der Waals surface area contributed by atoms with Crippen LogP contribution in [0.5, 0.6) is 5.75 Å². The molecule has 0 bridgehead atoms. The first kappa shape index (κ1) is 18.7. The van der Waals surface area contributed by atoms with Gasteiger partial charge >= 0.3 is 0 Å². The third-order valence-electron chi connectivity index (χ3n) is 4.21. The van der Waals surface area contributed by atoms with E-state index in [0.717, 1.165) is 5.69 Å². The zero-order chi connectivity index (χ0) is 19.1. The Morgan fingerprint density at radius 3 is 2.59 bits per heavy atom. The first-order chi connectivity index (χ1) is 13.2. The van der Waals surface area contributed by atoms with Crippen LogP contribution in [0.15, 0.2) is 48.5 Å². The lowest BCUT2D eigenvalue weighted by molar-refractivity contribution is -0.114. The molecule has 0 radical (unpaired) electrons. The number of amides is 2. The number of methoxy groups -OCH3 is 1. The minimum Gasteiger partial charge on any atom is -0.497 e. The van der Waals surface area contributed by atoms with E-state index in [0.29, 0.717) is 43.3 Å². The lowest BCUT2D eigenvalue weighted by atomic mass is 10.1. The van der Waals surface area contributed by atoms with Crippen LogP contribution in [0.1, 0.15) is 10.4 Å². The maximum absolute atomic E-state index is 12.5. The SMILES string of the molecule is COc1cccc(NC(=O)CNc2cccc(C(=O)N3CCOCC3)c2)c1. The van der Waals surface area contributed by atoms with Crippen LogP contribution in [0.2, 0.25) is 0 Å². The minimum atomic E-state index is -0.187. The number of nitrogens with one attached hydrogen (secondary N) is 2. The van der Waals surface area contributed by atoms with Crippen LogP contribution in [0.4, 0.5) is 11.4 Å². The number of benzene rings is 2. The molecule has 2 N–H and O–H groups in total. The summed E-state index contributed by atoms with van der Waals surface area (Å²) >= 11 is 0. The summed E-state index contributed by atoms with van der Waals surface area (Å²) in [6.07, 6.45) is 0. The molecular weight excluding hydrogens is 346 g/mol. The van der Waals surface area contributed by atoms with Gasteiger partial charge in [-0.3, -0.25) is 9.59 Å². The molecule has 1 aliphatic rings. The molecule has 3 rings (SSSR count). The Bertz CT molecular complexity index is 803. The molecular formula is C20H23N3O4. The molecule has 0 saturated carbocycles. The number of anilines is 2. The van der Waals surface area contributed by atoms with Gasteiger partial charge in [0.15, 0.2) is 0 Å². The summed E-state index contributed by atoms with van der Waals surface area (Å²) < 4.78 is 10.4. The highest BCUT2D eigenvalue weighted by atomic mass is 16.5. The first-order valence-corrected chi connectivity index (χ1v) is 8.80. The predicted octanol–water partition coefficient (Wildman–Crippen LogP) is 2.22. The van der Waals surface area contributed by atoms with E-state index in [2.05, 4.69) is 10.6 Å². The average Bonchev–Trinajstić information content (AvgIpc) is 2.72. The van der Waals surface area contributed by atoms with Gasteiger partial charge in [0.25, 0.3) is 5.91 Å². The molecule has 0 aliphatic carbocycles. The van der Waals surface area contributed by atoms with Gasteiger partial charge in [-0.25, -0.2) is 0 Å². The molecule has 2 aromatic rings. The Morgan fingerprint density at radius 2 is 1.81 bits per heavy atom. The Hall–Kier alpha value is -3.06. The normalized spacial score (nSPS) is 13.7. The predicted molar refractivity (Wildman–Crippen MR) is 103 cm³/mol. The van der Waals surface area contributed by atoms with Crippen molar-refractivity contribution < 1.29 is 19.1 Å². The van der Waals surface area contributed by atoms with Gasteiger partial charge in [0.05, 0.1) is 26.9 Å². The van der Waals surface area contributed by atoms with Crippen LogP contribution in [0.3, 0.4) is 0 Å². The number of ether oxygens (including phenoxy) is 2. The molecule has 0 atom stereocenters.